The Hall–Kier alpha value is 0.340. The minimum absolute atomic E-state index is 0.0919. The maximum Gasteiger partial charge on any atom is 0.335 e. The van der Waals surface area contributed by atoms with E-state index >= 15 is 0 Å². The van der Waals surface area contributed by atoms with Gasteiger partial charge in [0.2, 0.25) is 0 Å². The average Bonchev–Trinajstić information content (AvgIpc) is 1.55. The molecule has 0 spiro atoms. The van der Waals surface area contributed by atoms with Crippen LogP contribution in [0.15, 0.2) is 0 Å². The smallest absolute Gasteiger partial charge is 0.324 e. The van der Waals surface area contributed by atoms with Crippen LogP contribution in [-0.4, -0.2) is 22.6 Å². The van der Waals surface area contributed by atoms with Crippen molar-refractivity contribution in [3.63, 3.8) is 0 Å². The van der Waals surface area contributed by atoms with Gasteiger partial charge in [-0.05, 0) is 6.42 Å². The van der Waals surface area contributed by atoms with E-state index in [-0.39, 0.29) is 6.16 Å². The van der Waals surface area contributed by atoms with Gasteiger partial charge in [0.15, 0.2) is 0 Å². The van der Waals surface area contributed by atoms with Gasteiger partial charge in [-0.3, -0.25) is 9.13 Å². The van der Waals surface area contributed by atoms with Crippen LogP contribution in [0.25, 0.3) is 0 Å². The van der Waals surface area contributed by atoms with Crippen LogP contribution in [0.1, 0.15) is 13.3 Å². The minimum Gasteiger partial charge on any atom is -0.324 e. The van der Waals surface area contributed by atoms with Gasteiger partial charge in [-0.25, -0.2) is 4.31 Å². The third-order valence-corrected chi connectivity index (χ3v) is 4.03. The number of hydrogen-bond donors (Lipinski definition) is 2. The summed E-state index contributed by atoms with van der Waals surface area (Å²) in [5, 5.41) is 0. The first-order valence-corrected chi connectivity index (χ1v) is 6.89. The van der Waals surface area contributed by atoms with E-state index in [1.54, 1.807) is 6.92 Å². The highest BCUT2D eigenvalue weighted by molar-refractivity contribution is 7.65. The molecule has 0 saturated carbocycles. The highest BCUT2D eigenvalue weighted by Crippen LogP contribution is 2.57. The molecule has 2 atom stereocenters. The Kier molecular flexibility index (Phi) is 3.95. The van der Waals surface area contributed by atoms with Crippen molar-refractivity contribution in [2.75, 3.05) is 12.8 Å². The molecule has 11 heavy (non-hydrogen) atoms. The third kappa shape index (κ3) is 6.73. The van der Waals surface area contributed by atoms with Crippen molar-refractivity contribution >= 4 is 15.2 Å². The molecule has 0 heterocycles. The monoisotopic (exact) mass is 202 g/mol. The van der Waals surface area contributed by atoms with Crippen molar-refractivity contribution in [3.8, 4) is 0 Å². The topological polar surface area (TPSA) is 83.8 Å². The van der Waals surface area contributed by atoms with E-state index in [1.807, 2.05) is 0 Å². The summed E-state index contributed by atoms with van der Waals surface area (Å²) < 4.78 is 25.4. The fourth-order valence-corrected chi connectivity index (χ4v) is 3.35. The van der Waals surface area contributed by atoms with Gasteiger partial charge in [-0.1, -0.05) is 6.92 Å². The summed E-state index contributed by atoms with van der Waals surface area (Å²) in [5.74, 6) is 0. The van der Waals surface area contributed by atoms with E-state index in [2.05, 4.69) is 4.31 Å². The van der Waals surface area contributed by atoms with E-state index in [9.17, 15) is 9.13 Å². The first-order chi connectivity index (χ1) is 4.77. The maximum absolute atomic E-state index is 10.8. The zero-order valence-electron chi connectivity index (χ0n) is 6.43. The average molecular weight is 202 g/mol. The van der Waals surface area contributed by atoms with E-state index in [4.69, 9.17) is 9.79 Å². The molecule has 0 radical (unpaired) electrons. The van der Waals surface area contributed by atoms with E-state index in [0.29, 0.717) is 6.42 Å². The SMILES string of the molecule is CCCP(=O)(O)OP(C)(=O)O. The first kappa shape index (κ1) is 11.3. The second-order valence-electron chi connectivity index (χ2n) is 2.25. The molecule has 2 N–H and O–H groups in total. The predicted molar refractivity (Wildman–Crippen MR) is 41.8 cm³/mol. The molecule has 0 aliphatic heterocycles. The van der Waals surface area contributed by atoms with Gasteiger partial charge in [0.1, 0.15) is 0 Å². The highest BCUT2D eigenvalue weighted by atomic mass is 31.3. The number of rotatable bonds is 4. The Morgan fingerprint density at radius 3 is 2.09 bits per heavy atom. The lowest BCUT2D eigenvalue weighted by Crippen LogP contribution is -1.91. The quantitative estimate of drug-likeness (QED) is 0.673. The van der Waals surface area contributed by atoms with Crippen LogP contribution in [-0.2, 0) is 13.4 Å². The van der Waals surface area contributed by atoms with Crippen LogP contribution in [0.5, 0.6) is 0 Å². The maximum atomic E-state index is 10.8. The molecule has 0 aromatic heterocycles. The van der Waals surface area contributed by atoms with Crippen LogP contribution >= 0.6 is 15.2 Å². The van der Waals surface area contributed by atoms with Gasteiger partial charge in [-0.2, -0.15) is 0 Å². The van der Waals surface area contributed by atoms with Crippen molar-refractivity contribution in [2.24, 2.45) is 0 Å². The summed E-state index contributed by atoms with van der Waals surface area (Å²) in [7, 11) is -7.66. The van der Waals surface area contributed by atoms with Gasteiger partial charge in [0, 0.05) is 6.66 Å². The minimum atomic E-state index is -3.83. The molecule has 5 nitrogen and oxygen atoms in total. The third-order valence-electron chi connectivity index (χ3n) is 0.785. The first-order valence-electron chi connectivity index (χ1n) is 3.10. The van der Waals surface area contributed by atoms with Gasteiger partial charge in [0.25, 0.3) is 0 Å². The largest absolute Gasteiger partial charge is 0.335 e. The summed E-state index contributed by atoms with van der Waals surface area (Å²) >= 11 is 0. The van der Waals surface area contributed by atoms with Crippen LogP contribution in [0.4, 0.5) is 0 Å². The van der Waals surface area contributed by atoms with Crippen molar-refractivity contribution in [3.05, 3.63) is 0 Å². The molecule has 7 heteroatoms. The molecule has 0 aliphatic carbocycles. The normalized spacial score (nSPS) is 22.2. The van der Waals surface area contributed by atoms with Crippen molar-refractivity contribution < 1.29 is 23.2 Å². The summed E-state index contributed by atoms with van der Waals surface area (Å²) in [6.07, 6.45) is 0.346. The Morgan fingerprint density at radius 2 is 1.82 bits per heavy atom. The van der Waals surface area contributed by atoms with Gasteiger partial charge < -0.3 is 9.79 Å². The van der Waals surface area contributed by atoms with Crippen molar-refractivity contribution in [1.29, 1.82) is 0 Å². The van der Waals surface area contributed by atoms with Crippen LogP contribution < -0.4 is 0 Å². The second kappa shape index (κ2) is 3.83. The zero-order chi connectivity index (χ0) is 9.12. The fraction of sp³-hybridized carbons (Fsp3) is 1.00. The summed E-state index contributed by atoms with van der Waals surface area (Å²) in [6, 6.07) is 0. The van der Waals surface area contributed by atoms with Crippen LogP contribution in [0.2, 0.25) is 0 Å². The Labute approximate surface area is 65.5 Å². The number of hydrogen-bond acceptors (Lipinski definition) is 3. The summed E-state index contributed by atoms with van der Waals surface area (Å²) in [4.78, 5) is 17.4. The molecule has 0 rings (SSSR count). The lowest BCUT2D eigenvalue weighted by molar-refractivity contribution is 0.336. The van der Waals surface area contributed by atoms with E-state index in [0.717, 1.165) is 6.66 Å². The molecule has 0 bridgehead atoms. The molecule has 0 amide bonds. The molecule has 0 fully saturated rings. The zero-order valence-corrected chi connectivity index (χ0v) is 8.22. The van der Waals surface area contributed by atoms with Gasteiger partial charge >= 0.3 is 15.2 Å². The van der Waals surface area contributed by atoms with Crippen LogP contribution in [0, 0.1) is 0 Å². The predicted octanol–water partition coefficient (Wildman–Crippen LogP) is 1.41. The molecule has 0 saturated heterocycles. The standard InChI is InChI=1S/C4H12O5P2/c1-3-4-11(7,8)9-10(2,5)6/h3-4H2,1-2H3,(H,5,6)(H,7,8). The molecule has 68 valence electrons. The molecular weight excluding hydrogens is 190 g/mol. The van der Waals surface area contributed by atoms with E-state index in [1.165, 1.54) is 0 Å². The Morgan fingerprint density at radius 1 is 1.36 bits per heavy atom. The molecule has 2 unspecified atom stereocenters. The summed E-state index contributed by atoms with van der Waals surface area (Å²) in [5.41, 5.74) is 0. The lowest BCUT2D eigenvalue weighted by atomic mass is 10.6. The Bertz CT molecular complexity index is 207. The second-order valence-corrected chi connectivity index (χ2v) is 6.23. The van der Waals surface area contributed by atoms with Crippen LogP contribution in [0.3, 0.4) is 0 Å². The molecule has 0 aromatic rings. The Balaban J connectivity index is 4.14. The van der Waals surface area contributed by atoms with Crippen molar-refractivity contribution in [1.82, 2.24) is 0 Å². The fourth-order valence-electron chi connectivity index (χ4n) is 0.560. The lowest BCUT2D eigenvalue weighted by Gasteiger charge is -2.12. The van der Waals surface area contributed by atoms with Gasteiger partial charge in [-0.15, -0.1) is 0 Å². The highest BCUT2D eigenvalue weighted by Gasteiger charge is 2.26. The van der Waals surface area contributed by atoms with Gasteiger partial charge in [0.05, 0.1) is 6.16 Å². The molecule has 0 aromatic carbocycles. The van der Waals surface area contributed by atoms with Crippen molar-refractivity contribution in [2.45, 2.75) is 13.3 Å². The summed E-state index contributed by atoms with van der Waals surface area (Å²) in [6.45, 7) is 2.57. The molecular formula is C4H12O5P2. The van der Waals surface area contributed by atoms with E-state index < -0.39 is 15.2 Å². The molecule has 0 aliphatic rings.